The third kappa shape index (κ3) is 4.37. The highest BCUT2D eigenvalue weighted by Crippen LogP contribution is 2.22. The lowest BCUT2D eigenvalue weighted by molar-refractivity contribution is -0.131. The topological polar surface area (TPSA) is 33.2 Å². The van der Waals surface area contributed by atoms with Crippen molar-refractivity contribution in [1.29, 1.82) is 0 Å². The Morgan fingerprint density at radius 3 is 2.56 bits per heavy atom. The van der Waals surface area contributed by atoms with E-state index in [2.05, 4.69) is 17.1 Å². The molecular formula is C21H21ClN2O. The standard InChI is InChI=1S/C21H21ClN2O/c1-2-20(25)24(13-12-16-8-4-3-5-9-16)15-18-14-17-10-6-7-11-19(17)23-21(18)22/h3-11,14H,2,12-13,15H2,1H3. The van der Waals surface area contributed by atoms with Crippen molar-refractivity contribution in [3.8, 4) is 0 Å². The summed E-state index contributed by atoms with van der Waals surface area (Å²) in [6, 6.07) is 20.1. The van der Waals surface area contributed by atoms with E-state index in [1.165, 1.54) is 5.56 Å². The smallest absolute Gasteiger partial charge is 0.222 e. The van der Waals surface area contributed by atoms with Crippen molar-refractivity contribution in [2.45, 2.75) is 26.3 Å². The quantitative estimate of drug-likeness (QED) is 0.593. The molecule has 0 saturated carbocycles. The monoisotopic (exact) mass is 352 g/mol. The van der Waals surface area contributed by atoms with Crippen LogP contribution in [0.2, 0.25) is 5.15 Å². The number of pyridine rings is 1. The number of halogens is 1. The molecule has 128 valence electrons. The van der Waals surface area contributed by atoms with Crippen molar-refractivity contribution in [1.82, 2.24) is 9.88 Å². The van der Waals surface area contributed by atoms with E-state index < -0.39 is 0 Å². The molecule has 0 aliphatic carbocycles. The number of amides is 1. The zero-order valence-electron chi connectivity index (χ0n) is 14.3. The maximum Gasteiger partial charge on any atom is 0.222 e. The average Bonchev–Trinajstić information content (AvgIpc) is 2.65. The molecule has 4 heteroatoms. The van der Waals surface area contributed by atoms with Crippen molar-refractivity contribution in [3.63, 3.8) is 0 Å². The second-order valence-corrected chi connectivity index (χ2v) is 6.39. The van der Waals surface area contributed by atoms with Crippen molar-refractivity contribution in [2.75, 3.05) is 6.54 Å². The first-order valence-corrected chi connectivity index (χ1v) is 8.91. The van der Waals surface area contributed by atoms with Gasteiger partial charge in [-0.3, -0.25) is 4.79 Å². The van der Waals surface area contributed by atoms with Gasteiger partial charge in [-0.2, -0.15) is 0 Å². The molecule has 1 amide bonds. The normalized spacial score (nSPS) is 10.8. The second kappa shape index (κ2) is 8.13. The molecule has 3 aromatic rings. The minimum absolute atomic E-state index is 0.125. The first kappa shape index (κ1) is 17.4. The van der Waals surface area contributed by atoms with Gasteiger partial charge in [-0.05, 0) is 24.1 Å². The van der Waals surface area contributed by atoms with Crippen molar-refractivity contribution >= 4 is 28.4 Å². The van der Waals surface area contributed by atoms with E-state index in [1.807, 2.05) is 60.4 Å². The van der Waals surface area contributed by atoms with Crippen LogP contribution in [0.5, 0.6) is 0 Å². The van der Waals surface area contributed by atoms with Crippen LogP contribution in [0.3, 0.4) is 0 Å². The Kier molecular flexibility index (Phi) is 5.67. The fourth-order valence-corrected chi connectivity index (χ4v) is 3.08. The van der Waals surface area contributed by atoms with Crippen LogP contribution in [0.1, 0.15) is 24.5 Å². The molecule has 25 heavy (non-hydrogen) atoms. The average molecular weight is 353 g/mol. The Bertz CT molecular complexity index is 864. The van der Waals surface area contributed by atoms with E-state index in [9.17, 15) is 4.79 Å². The summed E-state index contributed by atoms with van der Waals surface area (Å²) in [5, 5.41) is 1.50. The molecule has 0 fully saturated rings. The predicted molar refractivity (Wildman–Crippen MR) is 103 cm³/mol. The Labute approximate surface area is 153 Å². The van der Waals surface area contributed by atoms with E-state index in [0.29, 0.717) is 24.7 Å². The summed E-state index contributed by atoms with van der Waals surface area (Å²) < 4.78 is 0. The van der Waals surface area contributed by atoms with Gasteiger partial charge in [0.15, 0.2) is 0 Å². The van der Waals surface area contributed by atoms with Crippen LogP contribution in [0.15, 0.2) is 60.7 Å². The van der Waals surface area contributed by atoms with Crippen LogP contribution in [-0.2, 0) is 17.8 Å². The zero-order valence-corrected chi connectivity index (χ0v) is 15.0. The van der Waals surface area contributed by atoms with Crippen molar-refractivity contribution < 1.29 is 4.79 Å². The molecule has 1 heterocycles. The summed E-state index contributed by atoms with van der Waals surface area (Å²) in [4.78, 5) is 18.7. The number of benzene rings is 2. The van der Waals surface area contributed by atoms with Gasteiger partial charge in [-0.15, -0.1) is 0 Å². The largest absolute Gasteiger partial charge is 0.338 e. The fourth-order valence-electron chi connectivity index (χ4n) is 2.88. The number of carbonyl (C=O) groups excluding carboxylic acids is 1. The highest BCUT2D eigenvalue weighted by atomic mass is 35.5. The van der Waals surface area contributed by atoms with E-state index in [-0.39, 0.29) is 5.91 Å². The molecule has 0 spiro atoms. The number of carbonyl (C=O) groups is 1. The molecule has 0 N–H and O–H groups in total. The van der Waals surface area contributed by atoms with Gasteiger partial charge in [0.2, 0.25) is 5.91 Å². The number of nitrogens with zero attached hydrogens (tertiary/aromatic N) is 2. The molecular weight excluding hydrogens is 332 g/mol. The number of fused-ring (bicyclic) bond motifs is 1. The Morgan fingerprint density at radius 1 is 1.08 bits per heavy atom. The van der Waals surface area contributed by atoms with Gasteiger partial charge >= 0.3 is 0 Å². The van der Waals surface area contributed by atoms with Gasteiger partial charge in [0.05, 0.1) is 5.52 Å². The predicted octanol–water partition coefficient (Wildman–Crippen LogP) is 4.87. The number of hydrogen-bond acceptors (Lipinski definition) is 2. The molecule has 0 radical (unpaired) electrons. The van der Waals surface area contributed by atoms with Gasteiger partial charge in [0.1, 0.15) is 5.15 Å². The zero-order chi connectivity index (χ0) is 17.6. The fraction of sp³-hybridized carbons (Fsp3) is 0.238. The van der Waals surface area contributed by atoms with Gasteiger partial charge in [0.25, 0.3) is 0 Å². The lowest BCUT2D eigenvalue weighted by atomic mass is 10.1. The van der Waals surface area contributed by atoms with Crippen LogP contribution in [0, 0.1) is 0 Å². The van der Waals surface area contributed by atoms with Gasteiger partial charge in [-0.25, -0.2) is 4.98 Å². The van der Waals surface area contributed by atoms with Crippen LogP contribution in [0.4, 0.5) is 0 Å². The summed E-state index contributed by atoms with van der Waals surface area (Å²) in [6.45, 7) is 3.04. The van der Waals surface area contributed by atoms with Gasteiger partial charge in [-0.1, -0.05) is 67.1 Å². The molecule has 1 aromatic heterocycles. The number of aromatic nitrogens is 1. The summed E-state index contributed by atoms with van der Waals surface area (Å²) in [6.07, 6.45) is 1.30. The molecule has 3 rings (SSSR count). The van der Waals surface area contributed by atoms with Crippen molar-refractivity contribution in [3.05, 3.63) is 76.9 Å². The first-order valence-electron chi connectivity index (χ1n) is 8.53. The summed E-state index contributed by atoms with van der Waals surface area (Å²) >= 11 is 6.36. The minimum Gasteiger partial charge on any atom is -0.338 e. The molecule has 0 atom stereocenters. The van der Waals surface area contributed by atoms with Crippen LogP contribution in [0.25, 0.3) is 10.9 Å². The summed E-state index contributed by atoms with van der Waals surface area (Å²) in [7, 11) is 0. The maximum absolute atomic E-state index is 12.4. The minimum atomic E-state index is 0.125. The molecule has 0 bridgehead atoms. The molecule has 0 saturated heterocycles. The van der Waals surface area contributed by atoms with E-state index in [0.717, 1.165) is 22.9 Å². The van der Waals surface area contributed by atoms with Crippen LogP contribution >= 0.6 is 11.6 Å². The number of hydrogen-bond donors (Lipinski definition) is 0. The molecule has 3 nitrogen and oxygen atoms in total. The number of para-hydroxylation sites is 1. The van der Waals surface area contributed by atoms with Gasteiger partial charge < -0.3 is 4.90 Å². The van der Waals surface area contributed by atoms with Crippen LogP contribution in [-0.4, -0.2) is 22.3 Å². The lowest BCUT2D eigenvalue weighted by Crippen LogP contribution is -2.32. The van der Waals surface area contributed by atoms with E-state index >= 15 is 0 Å². The highest BCUT2D eigenvalue weighted by molar-refractivity contribution is 6.30. The summed E-state index contributed by atoms with van der Waals surface area (Å²) in [5.41, 5.74) is 2.98. The SMILES string of the molecule is CCC(=O)N(CCc1ccccc1)Cc1cc2ccccc2nc1Cl. The third-order valence-corrected chi connectivity index (χ3v) is 4.61. The lowest BCUT2D eigenvalue weighted by Gasteiger charge is -2.23. The molecule has 0 aliphatic heterocycles. The van der Waals surface area contributed by atoms with E-state index in [1.54, 1.807) is 0 Å². The number of rotatable bonds is 6. The highest BCUT2D eigenvalue weighted by Gasteiger charge is 2.15. The molecule has 0 unspecified atom stereocenters. The molecule has 0 aliphatic rings. The van der Waals surface area contributed by atoms with Crippen LogP contribution < -0.4 is 0 Å². The third-order valence-electron chi connectivity index (χ3n) is 4.28. The Hall–Kier alpha value is -2.39. The van der Waals surface area contributed by atoms with Crippen molar-refractivity contribution in [2.24, 2.45) is 0 Å². The first-order chi connectivity index (χ1) is 12.2. The summed E-state index contributed by atoms with van der Waals surface area (Å²) in [5.74, 6) is 0.125. The molecule has 2 aromatic carbocycles. The Balaban J connectivity index is 1.80. The van der Waals surface area contributed by atoms with E-state index in [4.69, 9.17) is 11.6 Å². The van der Waals surface area contributed by atoms with Gasteiger partial charge in [0, 0.05) is 30.5 Å². The Morgan fingerprint density at radius 2 is 1.80 bits per heavy atom. The maximum atomic E-state index is 12.4. The second-order valence-electron chi connectivity index (χ2n) is 6.04.